The van der Waals surface area contributed by atoms with Crippen molar-refractivity contribution in [1.82, 2.24) is 4.98 Å². The number of esters is 1. The smallest absolute Gasteiger partial charge is 0.325 e. The van der Waals surface area contributed by atoms with Crippen molar-refractivity contribution in [2.45, 2.75) is 12.8 Å². The molecule has 0 saturated heterocycles. The Hall–Kier alpha value is -2.27. The molecule has 0 spiro atoms. The van der Waals surface area contributed by atoms with Crippen LogP contribution >= 0.6 is 11.6 Å². The molecule has 2 rings (SSSR count). The molecule has 0 aliphatic rings. The normalized spacial score (nSPS) is 10.2. The highest BCUT2D eigenvalue weighted by Gasteiger charge is 2.07. The molecule has 6 heteroatoms. The molecule has 122 valence electrons. The summed E-state index contributed by atoms with van der Waals surface area (Å²) < 4.78 is 10.4. The number of ether oxygens (including phenoxy) is 2. The molecule has 0 fully saturated rings. The SMILES string of the molecule is COc1ccc(Cl)cc1NCC(=O)OCCCc1ccncc1. The van der Waals surface area contributed by atoms with Gasteiger partial charge in [-0.2, -0.15) is 0 Å². The van der Waals surface area contributed by atoms with Gasteiger partial charge in [0.2, 0.25) is 0 Å². The van der Waals surface area contributed by atoms with Crippen LogP contribution < -0.4 is 10.1 Å². The summed E-state index contributed by atoms with van der Waals surface area (Å²) in [6, 6.07) is 9.08. The summed E-state index contributed by atoms with van der Waals surface area (Å²) in [6.07, 6.45) is 5.13. The number of nitrogens with zero attached hydrogens (tertiary/aromatic N) is 1. The number of benzene rings is 1. The van der Waals surface area contributed by atoms with Gasteiger partial charge in [0.1, 0.15) is 12.3 Å². The molecule has 1 heterocycles. The summed E-state index contributed by atoms with van der Waals surface area (Å²) in [4.78, 5) is 15.7. The maximum Gasteiger partial charge on any atom is 0.325 e. The first-order chi connectivity index (χ1) is 11.2. The van der Waals surface area contributed by atoms with Crippen LogP contribution in [0.25, 0.3) is 0 Å². The average molecular weight is 335 g/mol. The van der Waals surface area contributed by atoms with Crippen molar-refractivity contribution in [2.24, 2.45) is 0 Å². The van der Waals surface area contributed by atoms with Crippen LogP contribution in [0.15, 0.2) is 42.7 Å². The molecule has 0 amide bonds. The zero-order valence-corrected chi connectivity index (χ0v) is 13.7. The van der Waals surface area contributed by atoms with Gasteiger partial charge in [0.15, 0.2) is 0 Å². The van der Waals surface area contributed by atoms with Gasteiger partial charge in [0.05, 0.1) is 19.4 Å². The van der Waals surface area contributed by atoms with Gasteiger partial charge in [-0.3, -0.25) is 9.78 Å². The molecular weight excluding hydrogens is 316 g/mol. The molecule has 0 saturated carbocycles. The third-order valence-corrected chi connectivity index (χ3v) is 3.44. The molecular formula is C17H19ClN2O3. The Labute approximate surface area is 140 Å². The maximum atomic E-state index is 11.7. The predicted molar refractivity (Wildman–Crippen MR) is 90.0 cm³/mol. The van der Waals surface area contributed by atoms with Crippen LogP contribution in [0.3, 0.4) is 0 Å². The molecule has 0 unspecified atom stereocenters. The average Bonchev–Trinajstić information content (AvgIpc) is 2.58. The van der Waals surface area contributed by atoms with Gasteiger partial charge in [-0.1, -0.05) is 11.6 Å². The van der Waals surface area contributed by atoms with Crippen molar-refractivity contribution in [3.8, 4) is 5.75 Å². The minimum absolute atomic E-state index is 0.0615. The zero-order valence-electron chi connectivity index (χ0n) is 12.9. The monoisotopic (exact) mass is 334 g/mol. The second kappa shape index (κ2) is 9.00. The lowest BCUT2D eigenvalue weighted by Gasteiger charge is -2.11. The van der Waals surface area contributed by atoms with E-state index in [0.29, 0.717) is 23.1 Å². The summed E-state index contributed by atoms with van der Waals surface area (Å²) in [7, 11) is 1.56. The fraction of sp³-hybridized carbons (Fsp3) is 0.294. The first-order valence-corrected chi connectivity index (χ1v) is 7.69. The van der Waals surface area contributed by atoms with Crippen molar-refractivity contribution < 1.29 is 14.3 Å². The first kappa shape index (κ1) is 17.1. The van der Waals surface area contributed by atoms with E-state index >= 15 is 0 Å². The molecule has 0 radical (unpaired) electrons. The summed E-state index contributed by atoms with van der Waals surface area (Å²) in [5.41, 5.74) is 1.84. The minimum Gasteiger partial charge on any atom is -0.495 e. The van der Waals surface area contributed by atoms with Crippen molar-refractivity contribution in [3.05, 3.63) is 53.3 Å². The number of aromatic nitrogens is 1. The van der Waals surface area contributed by atoms with E-state index in [4.69, 9.17) is 21.1 Å². The Bertz CT molecular complexity index is 635. The zero-order chi connectivity index (χ0) is 16.5. The van der Waals surface area contributed by atoms with Crippen molar-refractivity contribution in [2.75, 3.05) is 25.6 Å². The molecule has 1 aromatic heterocycles. The summed E-state index contributed by atoms with van der Waals surface area (Å²) in [5, 5.41) is 3.54. The summed E-state index contributed by atoms with van der Waals surface area (Å²) in [6.45, 7) is 0.446. The van der Waals surface area contributed by atoms with Crippen LogP contribution in [0.2, 0.25) is 5.02 Å². The van der Waals surface area contributed by atoms with Crippen LogP contribution in [-0.2, 0) is 16.0 Å². The standard InChI is InChI=1S/C17H19ClN2O3/c1-22-16-5-4-14(18)11-15(16)20-12-17(21)23-10-2-3-13-6-8-19-9-7-13/h4-9,11,20H,2-3,10,12H2,1H3. The largest absolute Gasteiger partial charge is 0.495 e. The number of methoxy groups -OCH3 is 1. The van der Waals surface area contributed by atoms with Crippen LogP contribution in [0.5, 0.6) is 5.75 Å². The highest BCUT2D eigenvalue weighted by Crippen LogP contribution is 2.27. The lowest BCUT2D eigenvalue weighted by Crippen LogP contribution is -2.18. The quantitative estimate of drug-likeness (QED) is 0.592. The fourth-order valence-corrected chi connectivity index (χ4v) is 2.22. The van der Waals surface area contributed by atoms with Gasteiger partial charge in [-0.05, 0) is 48.7 Å². The van der Waals surface area contributed by atoms with Gasteiger partial charge >= 0.3 is 5.97 Å². The lowest BCUT2D eigenvalue weighted by atomic mass is 10.1. The minimum atomic E-state index is -0.318. The van der Waals surface area contributed by atoms with E-state index in [-0.39, 0.29) is 12.5 Å². The van der Waals surface area contributed by atoms with E-state index in [2.05, 4.69) is 10.3 Å². The first-order valence-electron chi connectivity index (χ1n) is 7.31. The topological polar surface area (TPSA) is 60.5 Å². The third kappa shape index (κ3) is 5.79. The predicted octanol–water partition coefficient (Wildman–Crippen LogP) is 3.33. The van der Waals surface area contributed by atoms with E-state index in [9.17, 15) is 4.79 Å². The molecule has 0 atom stereocenters. The number of pyridine rings is 1. The fourth-order valence-electron chi connectivity index (χ4n) is 2.05. The van der Waals surface area contributed by atoms with Gasteiger partial charge in [-0.15, -0.1) is 0 Å². The van der Waals surface area contributed by atoms with E-state index in [0.717, 1.165) is 12.8 Å². The molecule has 2 aromatic rings. The number of hydrogen-bond donors (Lipinski definition) is 1. The molecule has 1 aromatic carbocycles. The number of carbonyl (C=O) groups excluding carboxylic acids is 1. The number of carbonyl (C=O) groups is 1. The van der Waals surface area contributed by atoms with Gasteiger partial charge in [0, 0.05) is 17.4 Å². The van der Waals surface area contributed by atoms with Gasteiger partial charge in [-0.25, -0.2) is 0 Å². The molecule has 0 bridgehead atoms. The van der Waals surface area contributed by atoms with E-state index < -0.39 is 0 Å². The number of aryl methyl sites for hydroxylation is 1. The highest BCUT2D eigenvalue weighted by molar-refractivity contribution is 6.30. The van der Waals surface area contributed by atoms with E-state index in [1.54, 1.807) is 37.7 Å². The second-order valence-corrected chi connectivity index (χ2v) is 5.31. The number of hydrogen-bond acceptors (Lipinski definition) is 5. The Morgan fingerprint density at radius 2 is 2.04 bits per heavy atom. The van der Waals surface area contributed by atoms with Crippen LogP contribution in [0.1, 0.15) is 12.0 Å². The van der Waals surface area contributed by atoms with Crippen LogP contribution in [-0.4, -0.2) is 31.2 Å². The molecule has 5 nitrogen and oxygen atoms in total. The third-order valence-electron chi connectivity index (χ3n) is 3.21. The Kier molecular flexibility index (Phi) is 6.69. The summed E-state index contributed by atoms with van der Waals surface area (Å²) >= 11 is 5.93. The highest BCUT2D eigenvalue weighted by atomic mass is 35.5. The van der Waals surface area contributed by atoms with Crippen LogP contribution in [0, 0.1) is 0 Å². The van der Waals surface area contributed by atoms with E-state index in [1.165, 1.54) is 5.56 Å². The Balaban J connectivity index is 1.70. The van der Waals surface area contributed by atoms with Crippen molar-refractivity contribution >= 4 is 23.3 Å². The Morgan fingerprint density at radius 3 is 2.78 bits per heavy atom. The van der Waals surface area contributed by atoms with Gasteiger partial charge < -0.3 is 14.8 Å². The number of nitrogens with one attached hydrogen (secondary N) is 1. The van der Waals surface area contributed by atoms with Crippen LogP contribution in [0.4, 0.5) is 5.69 Å². The van der Waals surface area contributed by atoms with Gasteiger partial charge in [0.25, 0.3) is 0 Å². The maximum absolute atomic E-state index is 11.7. The Morgan fingerprint density at radius 1 is 1.26 bits per heavy atom. The molecule has 0 aliphatic carbocycles. The molecule has 23 heavy (non-hydrogen) atoms. The number of halogens is 1. The number of rotatable bonds is 8. The van der Waals surface area contributed by atoms with E-state index in [1.807, 2.05) is 12.1 Å². The second-order valence-electron chi connectivity index (χ2n) is 4.88. The molecule has 1 N–H and O–H groups in total. The molecule has 0 aliphatic heterocycles. The lowest BCUT2D eigenvalue weighted by molar-refractivity contribution is -0.141. The van der Waals surface area contributed by atoms with Crippen molar-refractivity contribution in [3.63, 3.8) is 0 Å². The number of anilines is 1. The summed E-state index contributed by atoms with van der Waals surface area (Å²) in [5.74, 6) is 0.307. The van der Waals surface area contributed by atoms with Crippen molar-refractivity contribution in [1.29, 1.82) is 0 Å².